The van der Waals surface area contributed by atoms with Gasteiger partial charge in [-0.2, -0.15) is 0 Å². The van der Waals surface area contributed by atoms with E-state index in [0.29, 0.717) is 6.61 Å². The molecule has 0 atom stereocenters. The molecule has 0 aliphatic rings. The van der Waals surface area contributed by atoms with Gasteiger partial charge in [-0.15, -0.1) is 0 Å². The minimum absolute atomic E-state index is 0.159. The Kier molecular flexibility index (Phi) is 3.74. The third kappa shape index (κ3) is 2.87. The van der Waals surface area contributed by atoms with Crippen LogP contribution < -0.4 is 10.5 Å². The predicted molar refractivity (Wildman–Crippen MR) is 75.8 cm³/mol. The highest BCUT2D eigenvalue weighted by Crippen LogP contribution is 2.26. The van der Waals surface area contributed by atoms with Crippen molar-refractivity contribution in [3.05, 3.63) is 58.4 Å². The molecule has 0 bridgehead atoms. The van der Waals surface area contributed by atoms with Crippen molar-refractivity contribution in [3.63, 3.8) is 0 Å². The van der Waals surface area contributed by atoms with E-state index in [0.717, 1.165) is 22.4 Å². The molecule has 2 rings (SSSR count). The normalized spacial score (nSPS) is 10.5. The SMILES string of the molecule is Cc1ccc(C)c(OCc2ccc(N)c(F)c2)c1C. The van der Waals surface area contributed by atoms with Crippen LogP contribution in [0.25, 0.3) is 0 Å². The van der Waals surface area contributed by atoms with Crippen LogP contribution in [0.3, 0.4) is 0 Å². The first kappa shape index (κ1) is 13.4. The Labute approximate surface area is 113 Å². The number of halogens is 1. The van der Waals surface area contributed by atoms with Crippen LogP contribution in [-0.4, -0.2) is 0 Å². The third-order valence-electron chi connectivity index (χ3n) is 3.32. The maximum absolute atomic E-state index is 13.3. The first-order chi connectivity index (χ1) is 8.99. The molecular formula is C16H18FNO. The fourth-order valence-corrected chi connectivity index (χ4v) is 1.96. The number of hydrogen-bond donors (Lipinski definition) is 1. The van der Waals surface area contributed by atoms with E-state index in [1.54, 1.807) is 12.1 Å². The average Bonchev–Trinajstić information content (AvgIpc) is 2.38. The summed E-state index contributed by atoms with van der Waals surface area (Å²) in [4.78, 5) is 0. The van der Waals surface area contributed by atoms with E-state index in [1.807, 2.05) is 26.8 Å². The first-order valence-corrected chi connectivity index (χ1v) is 6.22. The molecule has 3 heteroatoms. The van der Waals surface area contributed by atoms with Crippen molar-refractivity contribution < 1.29 is 9.13 Å². The van der Waals surface area contributed by atoms with Gasteiger partial charge in [0.1, 0.15) is 18.2 Å². The van der Waals surface area contributed by atoms with Crippen LogP contribution in [-0.2, 0) is 6.61 Å². The number of rotatable bonds is 3. The number of nitrogen functional groups attached to an aromatic ring is 1. The van der Waals surface area contributed by atoms with Crippen molar-refractivity contribution in [1.82, 2.24) is 0 Å². The molecule has 0 saturated heterocycles. The van der Waals surface area contributed by atoms with Gasteiger partial charge in [0.05, 0.1) is 5.69 Å². The number of ether oxygens (including phenoxy) is 1. The van der Waals surface area contributed by atoms with Gasteiger partial charge in [-0.25, -0.2) is 4.39 Å². The Morgan fingerprint density at radius 2 is 1.74 bits per heavy atom. The molecule has 0 aliphatic heterocycles. The van der Waals surface area contributed by atoms with Crippen molar-refractivity contribution >= 4 is 5.69 Å². The molecule has 2 aromatic rings. The van der Waals surface area contributed by atoms with Crippen LogP contribution in [0.5, 0.6) is 5.75 Å². The van der Waals surface area contributed by atoms with Gasteiger partial charge in [0.25, 0.3) is 0 Å². The molecule has 100 valence electrons. The number of nitrogens with two attached hydrogens (primary N) is 1. The molecule has 0 unspecified atom stereocenters. The molecule has 0 heterocycles. The summed E-state index contributed by atoms with van der Waals surface area (Å²) in [6, 6.07) is 8.85. The quantitative estimate of drug-likeness (QED) is 0.848. The monoisotopic (exact) mass is 259 g/mol. The summed E-state index contributed by atoms with van der Waals surface area (Å²) in [7, 11) is 0. The van der Waals surface area contributed by atoms with Crippen molar-refractivity contribution in [2.45, 2.75) is 27.4 Å². The van der Waals surface area contributed by atoms with Gasteiger partial charge in [0.15, 0.2) is 0 Å². The van der Waals surface area contributed by atoms with Gasteiger partial charge in [-0.3, -0.25) is 0 Å². The third-order valence-corrected chi connectivity index (χ3v) is 3.32. The van der Waals surface area contributed by atoms with E-state index in [9.17, 15) is 4.39 Å². The average molecular weight is 259 g/mol. The van der Waals surface area contributed by atoms with Crippen LogP contribution in [0.1, 0.15) is 22.3 Å². The Morgan fingerprint density at radius 1 is 1.05 bits per heavy atom. The maximum Gasteiger partial charge on any atom is 0.146 e. The van der Waals surface area contributed by atoms with Gasteiger partial charge < -0.3 is 10.5 Å². The van der Waals surface area contributed by atoms with Gasteiger partial charge in [-0.05, 0) is 55.2 Å². The highest BCUT2D eigenvalue weighted by Gasteiger charge is 2.07. The van der Waals surface area contributed by atoms with Crippen LogP contribution in [0.15, 0.2) is 30.3 Å². The Hall–Kier alpha value is -2.03. The van der Waals surface area contributed by atoms with E-state index in [1.165, 1.54) is 11.6 Å². The first-order valence-electron chi connectivity index (χ1n) is 6.22. The van der Waals surface area contributed by atoms with E-state index >= 15 is 0 Å². The lowest BCUT2D eigenvalue weighted by Crippen LogP contribution is -2.01. The minimum Gasteiger partial charge on any atom is -0.488 e. The fraction of sp³-hybridized carbons (Fsp3) is 0.250. The van der Waals surface area contributed by atoms with Crippen LogP contribution in [0, 0.1) is 26.6 Å². The van der Waals surface area contributed by atoms with Crippen LogP contribution in [0.2, 0.25) is 0 Å². The lowest BCUT2D eigenvalue weighted by molar-refractivity contribution is 0.301. The molecule has 2 nitrogen and oxygen atoms in total. The molecule has 2 N–H and O–H groups in total. The van der Waals surface area contributed by atoms with Crippen LogP contribution in [0.4, 0.5) is 10.1 Å². The van der Waals surface area contributed by atoms with Crippen LogP contribution >= 0.6 is 0 Å². The van der Waals surface area contributed by atoms with Gasteiger partial charge in [0, 0.05) is 0 Å². The second kappa shape index (κ2) is 5.31. The molecule has 0 radical (unpaired) electrons. The molecular weight excluding hydrogens is 241 g/mol. The summed E-state index contributed by atoms with van der Waals surface area (Å²) in [5, 5.41) is 0. The molecule has 0 amide bonds. The lowest BCUT2D eigenvalue weighted by atomic mass is 10.1. The van der Waals surface area contributed by atoms with Gasteiger partial charge >= 0.3 is 0 Å². The van der Waals surface area contributed by atoms with E-state index in [2.05, 4.69) is 6.07 Å². The Morgan fingerprint density at radius 3 is 2.42 bits per heavy atom. The summed E-state index contributed by atoms with van der Waals surface area (Å²) in [6.45, 7) is 6.42. The number of benzene rings is 2. The second-order valence-electron chi connectivity index (χ2n) is 4.80. The summed E-state index contributed by atoms with van der Waals surface area (Å²) < 4.78 is 19.2. The summed E-state index contributed by atoms with van der Waals surface area (Å²) in [5.74, 6) is 0.469. The largest absolute Gasteiger partial charge is 0.488 e. The topological polar surface area (TPSA) is 35.2 Å². The molecule has 19 heavy (non-hydrogen) atoms. The Bertz CT molecular complexity index is 608. The van der Waals surface area contributed by atoms with Crippen molar-refractivity contribution in [2.24, 2.45) is 0 Å². The fourth-order valence-electron chi connectivity index (χ4n) is 1.96. The lowest BCUT2D eigenvalue weighted by Gasteiger charge is -2.14. The molecule has 0 spiro atoms. The standard InChI is InChI=1S/C16H18FNO/c1-10-4-5-11(2)16(12(10)3)19-9-13-6-7-15(18)14(17)8-13/h4-8H,9,18H2,1-3H3. The molecule has 2 aromatic carbocycles. The van der Waals surface area contributed by atoms with Crippen molar-refractivity contribution in [3.8, 4) is 5.75 Å². The predicted octanol–water partition coefficient (Wildman–Crippen LogP) is 3.91. The summed E-state index contributed by atoms with van der Waals surface area (Å²) >= 11 is 0. The highest BCUT2D eigenvalue weighted by atomic mass is 19.1. The van der Waals surface area contributed by atoms with E-state index in [-0.39, 0.29) is 5.69 Å². The highest BCUT2D eigenvalue weighted by molar-refractivity contribution is 5.45. The van der Waals surface area contributed by atoms with Crippen molar-refractivity contribution in [1.29, 1.82) is 0 Å². The minimum atomic E-state index is -0.404. The molecule has 0 saturated carbocycles. The number of hydrogen-bond acceptors (Lipinski definition) is 2. The Balaban J connectivity index is 2.19. The maximum atomic E-state index is 13.3. The second-order valence-corrected chi connectivity index (χ2v) is 4.80. The summed E-state index contributed by atoms with van der Waals surface area (Å²) in [5.41, 5.74) is 9.77. The number of anilines is 1. The smallest absolute Gasteiger partial charge is 0.146 e. The molecule has 0 fully saturated rings. The van der Waals surface area contributed by atoms with E-state index < -0.39 is 5.82 Å². The van der Waals surface area contributed by atoms with Crippen molar-refractivity contribution in [2.75, 3.05) is 5.73 Å². The zero-order chi connectivity index (χ0) is 14.0. The zero-order valence-corrected chi connectivity index (χ0v) is 11.5. The van der Waals surface area contributed by atoms with E-state index in [4.69, 9.17) is 10.5 Å². The van der Waals surface area contributed by atoms with Gasteiger partial charge in [-0.1, -0.05) is 18.2 Å². The summed E-state index contributed by atoms with van der Waals surface area (Å²) in [6.07, 6.45) is 0. The number of aryl methyl sites for hydroxylation is 2. The zero-order valence-electron chi connectivity index (χ0n) is 11.5. The van der Waals surface area contributed by atoms with Gasteiger partial charge in [0.2, 0.25) is 0 Å². The molecule has 0 aliphatic carbocycles. The molecule has 0 aromatic heterocycles.